The van der Waals surface area contributed by atoms with Crippen LogP contribution in [0.15, 0.2) is 47.6 Å². The highest BCUT2D eigenvalue weighted by molar-refractivity contribution is 7.89. The molecule has 5 rings (SSSR count). The van der Waals surface area contributed by atoms with Crippen molar-refractivity contribution in [1.29, 1.82) is 0 Å². The van der Waals surface area contributed by atoms with Crippen molar-refractivity contribution in [3.8, 4) is 0 Å². The number of nitrogens with zero attached hydrogens (tertiary/aromatic N) is 3. The van der Waals surface area contributed by atoms with Crippen LogP contribution in [0.25, 0.3) is 0 Å². The van der Waals surface area contributed by atoms with Gasteiger partial charge in [-0.05, 0) is 74.4 Å². The van der Waals surface area contributed by atoms with Crippen LogP contribution >= 0.6 is 11.6 Å². The molecular formula is C24H27ClFN3O5S. The maximum Gasteiger partial charge on any atom is 0.410 e. The van der Waals surface area contributed by atoms with Crippen LogP contribution in [0.1, 0.15) is 50.1 Å². The summed E-state index contributed by atoms with van der Waals surface area (Å²) < 4.78 is 49.5. The lowest BCUT2D eigenvalue weighted by Crippen LogP contribution is -2.54. The van der Waals surface area contributed by atoms with Gasteiger partial charge in [0.25, 0.3) is 0 Å². The Bertz CT molecular complexity index is 1210. The Labute approximate surface area is 208 Å². The van der Waals surface area contributed by atoms with E-state index in [2.05, 4.69) is 4.98 Å². The molecule has 1 aromatic carbocycles. The number of aliphatic hydroxyl groups is 1. The first kappa shape index (κ1) is 24.4. The van der Waals surface area contributed by atoms with Crippen LogP contribution in [0, 0.1) is 5.82 Å². The predicted octanol–water partition coefficient (Wildman–Crippen LogP) is 3.89. The number of carbonyl (C=O) groups is 1. The zero-order chi connectivity index (χ0) is 24.8. The quantitative estimate of drug-likeness (QED) is 0.638. The van der Waals surface area contributed by atoms with Gasteiger partial charge in [-0.25, -0.2) is 17.6 Å². The summed E-state index contributed by atoms with van der Waals surface area (Å²) in [6, 6.07) is 5.93. The molecule has 35 heavy (non-hydrogen) atoms. The number of benzene rings is 1. The molecule has 1 N–H and O–H groups in total. The standard InChI is InChI=1S/C24H27ClFN3O5S/c25-17-4-6-20(7-5-17)35(32,33)29-21(16-12-18(26)14-27-13-16)2-1-3-22(29)24(9-10-24)34-23(31)28-11-8-19(30)15-28/h4-7,12-14,19,21-22,30H,1-3,8-11,15H2/t19-,21-,22+/m0/s1. The van der Waals surface area contributed by atoms with E-state index in [1.54, 1.807) is 0 Å². The van der Waals surface area contributed by atoms with Gasteiger partial charge in [0.15, 0.2) is 0 Å². The molecule has 0 radical (unpaired) electrons. The van der Waals surface area contributed by atoms with Crippen molar-refractivity contribution in [3.05, 3.63) is 59.1 Å². The van der Waals surface area contributed by atoms with Crippen LogP contribution in [-0.2, 0) is 14.8 Å². The van der Waals surface area contributed by atoms with Gasteiger partial charge in [0.2, 0.25) is 10.0 Å². The summed E-state index contributed by atoms with van der Waals surface area (Å²) in [5, 5.41) is 10.2. The van der Waals surface area contributed by atoms with Crippen molar-refractivity contribution >= 4 is 27.7 Å². The molecule has 3 atom stereocenters. The first-order valence-corrected chi connectivity index (χ1v) is 13.6. The Morgan fingerprint density at radius 1 is 1.17 bits per heavy atom. The van der Waals surface area contributed by atoms with E-state index in [0.29, 0.717) is 55.7 Å². The number of hydrogen-bond acceptors (Lipinski definition) is 6. The Morgan fingerprint density at radius 3 is 2.54 bits per heavy atom. The lowest BCUT2D eigenvalue weighted by Gasteiger charge is -2.44. The van der Waals surface area contributed by atoms with Gasteiger partial charge in [0, 0.05) is 24.3 Å². The summed E-state index contributed by atoms with van der Waals surface area (Å²) >= 11 is 5.99. The van der Waals surface area contributed by atoms with E-state index in [1.807, 2.05) is 0 Å². The highest BCUT2D eigenvalue weighted by Gasteiger charge is 2.60. The monoisotopic (exact) mass is 523 g/mol. The Morgan fingerprint density at radius 2 is 1.91 bits per heavy atom. The number of hydrogen-bond donors (Lipinski definition) is 1. The number of halogens is 2. The molecule has 3 fully saturated rings. The third-order valence-electron chi connectivity index (χ3n) is 7.13. The number of β-amino-alcohol motifs (C(OH)–C–C–N with tert-alkyl or cyclic N) is 1. The van der Waals surface area contributed by atoms with E-state index < -0.39 is 45.7 Å². The first-order chi connectivity index (χ1) is 16.7. The van der Waals surface area contributed by atoms with Crippen molar-refractivity contribution in [2.24, 2.45) is 0 Å². The molecule has 3 heterocycles. The molecule has 2 aromatic rings. The van der Waals surface area contributed by atoms with Gasteiger partial charge in [-0.15, -0.1) is 0 Å². The van der Waals surface area contributed by atoms with E-state index in [1.165, 1.54) is 45.7 Å². The molecule has 2 saturated heterocycles. The van der Waals surface area contributed by atoms with Crippen LogP contribution < -0.4 is 0 Å². The third kappa shape index (κ3) is 4.76. The molecule has 188 valence electrons. The summed E-state index contributed by atoms with van der Waals surface area (Å²) in [7, 11) is -4.07. The van der Waals surface area contributed by atoms with Crippen molar-refractivity contribution in [3.63, 3.8) is 0 Å². The van der Waals surface area contributed by atoms with Crippen LogP contribution in [0.4, 0.5) is 9.18 Å². The SMILES string of the molecule is O=C(OC1([C@H]2CCC[C@@H](c3cncc(F)c3)N2S(=O)(=O)c2ccc(Cl)cc2)CC1)N1CC[C@H](O)C1. The van der Waals surface area contributed by atoms with Gasteiger partial charge in [-0.2, -0.15) is 4.31 Å². The number of likely N-dealkylation sites (tertiary alicyclic amines) is 1. The molecule has 11 heteroatoms. The molecule has 3 aliphatic rings. The maximum absolute atomic E-state index is 14.1. The Kier molecular flexibility index (Phi) is 6.50. The van der Waals surface area contributed by atoms with Gasteiger partial charge >= 0.3 is 6.09 Å². The average Bonchev–Trinajstić information content (AvgIpc) is 3.48. The zero-order valence-electron chi connectivity index (χ0n) is 19.0. The van der Waals surface area contributed by atoms with E-state index >= 15 is 0 Å². The van der Waals surface area contributed by atoms with Crippen molar-refractivity contribution in [2.75, 3.05) is 13.1 Å². The number of aliphatic hydroxyl groups excluding tert-OH is 1. The van der Waals surface area contributed by atoms with Crippen LogP contribution in [0.5, 0.6) is 0 Å². The molecule has 0 spiro atoms. The molecule has 8 nitrogen and oxygen atoms in total. The minimum Gasteiger partial charge on any atom is -0.441 e. The second-order valence-corrected chi connectivity index (χ2v) is 11.8. The molecule has 1 saturated carbocycles. The second-order valence-electron chi connectivity index (χ2n) is 9.51. The molecule has 1 aromatic heterocycles. The van der Waals surface area contributed by atoms with Crippen LogP contribution in [-0.4, -0.2) is 64.6 Å². The zero-order valence-corrected chi connectivity index (χ0v) is 20.6. The molecule has 1 aliphatic carbocycles. The average molecular weight is 524 g/mol. The lowest BCUT2D eigenvalue weighted by atomic mass is 9.90. The van der Waals surface area contributed by atoms with Gasteiger partial charge < -0.3 is 14.7 Å². The molecule has 0 bridgehead atoms. The highest BCUT2D eigenvalue weighted by atomic mass is 35.5. The van der Waals surface area contributed by atoms with E-state index in [4.69, 9.17) is 16.3 Å². The van der Waals surface area contributed by atoms with E-state index in [0.717, 1.165) is 6.20 Å². The minimum absolute atomic E-state index is 0.0629. The van der Waals surface area contributed by atoms with Gasteiger partial charge in [-0.1, -0.05) is 11.6 Å². The van der Waals surface area contributed by atoms with Gasteiger partial charge in [0.1, 0.15) is 11.4 Å². The number of rotatable bonds is 5. The molecule has 1 amide bonds. The fraction of sp³-hybridized carbons (Fsp3) is 0.500. The Hall–Kier alpha value is -2.27. The summed E-state index contributed by atoms with van der Waals surface area (Å²) in [6.45, 7) is 0.592. The van der Waals surface area contributed by atoms with Crippen LogP contribution in [0.2, 0.25) is 5.02 Å². The van der Waals surface area contributed by atoms with Crippen molar-refractivity contribution in [2.45, 2.75) is 67.2 Å². The fourth-order valence-corrected chi connectivity index (χ4v) is 7.28. The smallest absolute Gasteiger partial charge is 0.410 e. The van der Waals surface area contributed by atoms with Gasteiger partial charge in [0.05, 0.1) is 29.3 Å². The van der Waals surface area contributed by atoms with Gasteiger partial charge in [-0.3, -0.25) is 4.98 Å². The Balaban J connectivity index is 1.52. The maximum atomic E-state index is 14.1. The summed E-state index contributed by atoms with van der Waals surface area (Å²) in [5.74, 6) is -0.548. The van der Waals surface area contributed by atoms with E-state index in [-0.39, 0.29) is 11.4 Å². The fourth-order valence-electron chi connectivity index (χ4n) is 5.23. The van der Waals surface area contributed by atoms with Crippen LogP contribution in [0.3, 0.4) is 0 Å². The number of aromatic nitrogens is 1. The number of piperidine rings is 1. The number of ether oxygens (including phenoxy) is 1. The molecule has 0 unspecified atom stereocenters. The van der Waals surface area contributed by atoms with Crippen molar-refractivity contribution in [1.82, 2.24) is 14.2 Å². The number of sulfonamides is 1. The topological polar surface area (TPSA) is 100 Å². The van der Waals surface area contributed by atoms with Crippen molar-refractivity contribution < 1.29 is 27.4 Å². The van der Waals surface area contributed by atoms with E-state index in [9.17, 15) is 22.7 Å². The first-order valence-electron chi connectivity index (χ1n) is 11.8. The largest absolute Gasteiger partial charge is 0.441 e. The summed E-state index contributed by atoms with van der Waals surface area (Å²) in [6.07, 6.45) is 4.64. The normalized spacial score (nSPS) is 26.5. The second kappa shape index (κ2) is 9.31. The number of pyridine rings is 1. The highest BCUT2D eigenvalue weighted by Crippen LogP contribution is 2.52. The summed E-state index contributed by atoms with van der Waals surface area (Å²) in [4.78, 5) is 18.4. The molecular weight excluding hydrogens is 497 g/mol. The number of carbonyl (C=O) groups excluding carboxylic acids is 1. The predicted molar refractivity (Wildman–Crippen MR) is 126 cm³/mol. The summed E-state index contributed by atoms with van der Waals surface area (Å²) in [5.41, 5.74) is -0.513. The molecule has 2 aliphatic heterocycles. The third-order valence-corrected chi connectivity index (χ3v) is 9.32. The minimum atomic E-state index is -4.07. The lowest BCUT2D eigenvalue weighted by molar-refractivity contribution is -0.00724. The number of amides is 1.